The van der Waals surface area contributed by atoms with Crippen molar-refractivity contribution in [3.05, 3.63) is 0 Å². The first kappa shape index (κ1) is 17.6. The molecule has 0 aromatic carbocycles. The lowest BCUT2D eigenvalue weighted by Gasteiger charge is -2.25. The molecule has 1 unspecified atom stereocenters. The molecule has 2 fully saturated rings. The minimum atomic E-state index is -0.423. The van der Waals surface area contributed by atoms with Crippen LogP contribution in [0.4, 0.5) is 4.79 Å². The molecule has 1 amide bonds. The summed E-state index contributed by atoms with van der Waals surface area (Å²) in [6.07, 6.45) is 10.6. The molecule has 1 atom stereocenters. The molecule has 2 N–H and O–H groups in total. The molecule has 0 saturated heterocycles. The highest BCUT2D eigenvalue weighted by atomic mass is 16.6. The van der Waals surface area contributed by atoms with Crippen molar-refractivity contribution in [2.24, 2.45) is 11.8 Å². The summed E-state index contributed by atoms with van der Waals surface area (Å²) in [5, 5.41) is 6.60. The summed E-state index contributed by atoms with van der Waals surface area (Å²) in [7, 11) is 0. The molecule has 0 radical (unpaired) electrons. The number of amides is 1. The van der Waals surface area contributed by atoms with Crippen molar-refractivity contribution >= 4 is 6.09 Å². The van der Waals surface area contributed by atoms with E-state index < -0.39 is 5.60 Å². The highest BCUT2D eigenvalue weighted by Gasteiger charge is 2.31. The van der Waals surface area contributed by atoms with Crippen LogP contribution in [-0.2, 0) is 4.74 Å². The monoisotopic (exact) mass is 310 g/mol. The van der Waals surface area contributed by atoms with Gasteiger partial charge in [-0.15, -0.1) is 0 Å². The molecule has 128 valence electrons. The molecular weight excluding hydrogens is 276 g/mol. The van der Waals surface area contributed by atoms with Gasteiger partial charge in [-0.1, -0.05) is 32.1 Å². The molecule has 0 spiro atoms. The topological polar surface area (TPSA) is 50.4 Å². The standard InChI is InChI=1S/C18H34N2O2/c1-18(2,3)22-17(21)20-13-16(15-9-10-15)19-12-11-14-7-5-4-6-8-14/h14-16,19H,4-13H2,1-3H3,(H,20,21). The summed E-state index contributed by atoms with van der Waals surface area (Å²) in [5.41, 5.74) is -0.423. The fourth-order valence-electron chi connectivity index (χ4n) is 3.36. The Labute approximate surface area is 135 Å². The quantitative estimate of drug-likeness (QED) is 0.751. The first-order chi connectivity index (χ1) is 10.4. The number of nitrogens with one attached hydrogen (secondary N) is 2. The number of hydrogen-bond acceptors (Lipinski definition) is 3. The SMILES string of the molecule is CC(C)(C)OC(=O)NCC(NCCC1CCCCC1)C1CC1. The van der Waals surface area contributed by atoms with E-state index in [4.69, 9.17) is 4.74 Å². The number of hydrogen-bond donors (Lipinski definition) is 2. The fourth-order valence-corrected chi connectivity index (χ4v) is 3.36. The highest BCUT2D eigenvalue weighted by Crippen LogP contribution is 2.32. The van der Waals surface area contributed by atoms with Gasteiger partial charge in [0, 0.05) is 12.6 Å². The Kier molecular flexibility index (Phi) is 6.54. The van der Waals surface area contributed by atoms with Crippen molar-refractivity contribution in [1.29, 1.82) is 0 Å². The average Bonchev–Trinajstić information content (AvgIpc) is 3.26. The molecule has 4 nitrogen and oxygen atoms in total. The lowest BCUT2D eigenvalue weighted by molar-refractivity contribution is 0.0521. The van der Waals surface area contributed by atoms with Crippen LogP contribution in [0.1, 0.15) is 72.1 Å². The summed E-state index contributed by atoms with van der Waals surface area (Å²) in [6, 6.07) is 0.413. The second-order valence-corrected chi connectivity index (χ2v) is 8.07. The molecular formula is C18H34N2O2. The van der Waals surface area contributed by atoms with Gasteiger partial charge < -0.3 is 15.4 Å². The maximum Gasteiger partial charge on any atom is 0.407 e. The minimum absolute atomic E-state index is 0.299. The van der Waals surface area contributed by atoms with Crippen LogP contribution in [0.15, 0.2) is 0 Å². The fraction of sp³-hybridized carbons (Fsp3) is 0.944. The molecule has 0 bridgehead atoms. The predicted molar refractivity (Wildman–Crippen MR) is 89.9 cm³/mol. The Bertz CT molecular complexity index is 341. The van der Waals surface area contributed by atoms with Gasteiger partial charge in [0.25, 0.3) is 0 Å². The molecule has 0 aliphatic heterocycles. The highest BCUT2D eigenvalue weighted by molar-refractivity contribution is 5.67. The summed E-state index contributed by atoms with van der Waals surface area (Å²) < 4.78 is 5.31. The summed E-state index contributed by atoms with van der Waals surface area (Å²) in [4.78, 5) is 11.8. The maximum atomic E-state index is 11.8. The van der Waals surface area contributed by atoms with Gasteiger partial charge in [0.2, 0.25) is 0 Å². The predicted octanol–water partition coefficient (Wildman–Crippen LogP) is 3.85. The summed E-state index contributed by atoms with van der Waals surface area (Å²) >= 11 is 0. The Morgan fingerprint density at radius 3 is 2.41 bits per heavy atom. The van der Waals surface area contributed by atoms with E-state index in [2.05, 4.69) is 10.6 Å². The van der Waals surface area contributed by atoms with Crippen LogP contribution in [0.25, 0.3) is 0 Å². The van der Waals surface area contributed by atoms with E-state index in [0.29, 0.717) is 12.6 Å². The second-order valence-electron chi connectivity index (χ2n) is 8.07. The van der Waals surface area contributed by atoms with Gasteiger partial charge in [0.15, 0.2) is 0 Å². The van der Waals surface area contributed by atoms with Gasteiger partial charge in [0.05, 0.1) is 0 Å². The third kappa shape index (κ3) is 6.99. The third-order valence-electron chi connectivity index (χ3n) is 4.74. The normalized spacial score (nSPS) is 21.4. The van der Waals surface area contributed by atoms with E-state index in [1.165, 1.54) is 51.4 Å². The Hall–Kier alpha value is -0.770. The Balaban J connectivity index is 1.63. The van der Waals surface area contributed by atoms with Crippen molar-refractivity contribution in [2.45, 2.75) is 83.8 Å². The number of carbonyl (C=O) groups excluding carboxylic acids is 1. The van der Waals surface area contributed by atoms with Crippen molar-refractivity contribution in [2.75, 3.05) is 13.1 Å². The minimum Gasteiger partial charge on any atom is -0.444 e. The van der Waals surface area contributed by atoms with E-state index in [0.717, 1.165) is 18.4 Å². The summed E-state index contributed by atoms with van der Waals surface area (Å²) in [6.45, 7) is 7.46. The molecule has 4 heteroatoms. The molecule has 2 rings (SSSR count). The molecule has 2 aliphatic carbocycles. The third-order valence-corrected chi connectivity index (χ3v) is 4.74. The van der Waals surface area contributed by atoms with Crippen molar-refractivity contribution in [3.8, 4) is 0 Å². The van der Waals surface area contributed by atoms with Gasteiger partial charge in [0.1, 0.15) is 5.60 Å². The van der Waals surface area contributed by atoms with E-state index in [1.54, 1.807) is 0 Å². The molecule has 2 saturated carbocycles. The lowest BCUT2D eigenvalue weighted by atomic mass is 9.87. The number of rotatable bonds is 7. The molecule has 22 heavy (non-hydrogen) atoms. The van der Waals surface area contributed by atoms with Crippen LogP contribution >= 0.6 is 0 Å². The molecule has 0 aromatic heterocycles. The maximum absolute atomic E-state index is 11.8. The van der Waals surface area contributed by atoms with Gasteiger partial charge in [-0.3, -0.25) is 0 Å². The van der Waals surface area contributed by atoms with Crippen molar-refractivity contribution < 1.29 is 9.53 Å². The van der Waals surface area contributed by atoms with Gasteiger partial charge in [-0.2, -0.15) is 0 Å². The second kappa shape index (κ2) is 8.19. The van der Waals surface area contributed by atoms with Crippen LogP contribution < -0.4 is 10.6 Å². The largest absolute Gasteiger partial charge is 0.444 e. The van der Waals surface area contributed by atoms with Crippen LogP contribution in [0, 0.1) is 11.8 Å². The van der Waals surface area contributed by atoms with Gasteiger partial charge >= 0.3 is 6.09 Å². The average molecular weight is 310 g/mol. The lowest BCUT2D eigenvalue weighted by Crippen LogP contribution is -2.44. The van der Waals surface area contributed by atoms with Crippen molar-refractivity contribution in [3.63, 3.8) is 0 Å². The first-order valence-corrected chi connectivity index (χ1v) is 9.14. The molecule has 0 aromatic rings. The van der Waals surface area contributed by atoms with Crippen LogP contribution in [0.3, 0.4) is 0 Å². The molecule has 0 heterocycles. The molecule has 2 aliphatic rings. The zero-order valence-electron chi connectivity index (χ0n) is 14.6. The van der Waals surface area contributed by atoms with Gasteiger partial charge in [-0.05, 0) is 58.4 Å². The van der Waals surface area contributed by atoms with Crippen LogP contribution in [0.2, 0.25) is 0 Å². The van der Waals surface area contributed by atoms with Crippen LogP contribution in [-0.4, -0.2) is 30.8 Å². The van der Waals surface area contributed by atoms with E-state index in [1.807, 2.05) is 20.8 Å². The van der Waals surface area contributed by atoms with Gasteiger partial charge in [-0.25, -0.2) is 4.79 Å². The van der Waals surface area contributed by atoms with E-state index in [-0.39, 0.29) is 6.09 Å². The smallest absolute Gasteiger partial charge is 0.407 e. The van der Waals surface area contributed by atoms with Crippen LogP contribution in [0.5, 0.6) is 0 Å². The number of alkyl carbamates (subject to hydrolysis) is 1. The Morgan fingerprint density at radius 2 is 1.82 bits per heavy atom. The summed E-state index contributed by atoms with van der Waals surface area (Å²) in [5.74, 6) is 1.65. The Morgan fingerprint density at radius 1 is 1.14 bits per heavy atom. The number of ether oxygens (including phenoxy) is 1. The van der Waals surface area contributed by atoms with E-state index >= 15 is 0 Å². The van der Waals surface area contributed by atoms with Crippen molar-refractivity contribution in [1.82, 2.24) is 10.6 Å². The first-order valence-electron chi connectivity index (χ1n) is 9.14. The van der Waals surface area contributed by atoms with E-state index in [9.17, 15) is 4.79 Å². The number of carbonyl (C=O) groups is 1. The zero-order chi connectivity index (χ0) is 16.0. The zero-order valence-corrected chi connectivity index (χ0v) is 14.6.